The van der Waals surface area contributed by atoms with Crippen molar-refractivity contribution in [3.8, 4) is 0 Å². The van der Waals surface area contributed by atoms with Crippen LogP contribution in [0.1, 0.15) is 6.92 Å². The topological polar surface area (TPSA) is 29.1 Å². The minimum atomic E-state index is -0.209. The molecule has 0 heterocycles. The average Bonchev–Trinajstić information content (AvgIpc) is 2.35. The normalized spacial score (nSPS) is 12.7. The fraction of sp³-hybridized carbons (Fsp3) is 0.0625. The zero-order valence-corrected chi connectivity index (χ0v) is 10.7. The SMILES string of the molecule is C=C/C=C\C(=C/C=C)C(=O)NC(/C=C\C)=C/C=C. The molecule has 1 amide bonds. The van der Waals surface area contributed by atoms with Crippen LogP contribution in [-0.2, 0) is 4.79 Å². The van der Waals surface area contributed by atoms with Crippen molar-refractivity contribution in [2.24, 2.45) is 0 Å². The fourth-order valence-electron chi connectivity index (χ4n) is 1.15. The second-order valence-electron chi connectivity index (χ2n) is 3.26. The molecule has 18 heavy (non-hydrogen) atoms. The van der Waals surface area contributed by atoms with E-state index in [0.29, 0.717) is 11.3 Å². The summed E-state index contributed by atoms with van der Waals surface area (Å²) in [5.74, 6) is -0.209. The van der Waals surface area contributed by atoms with Crippen molar-refractivity contribution in [2.75, 3.05) is 0 Å². The van der Waals surface area contributed by atoms with Crippen LogP contribution in [0, 0.1) is 0 Å². The Morgan fingerprint density at radius 1 is 1.00 bits per heavy atom. The number of rotatable bonds is 7. The lowest BCUT2D eigenvalue weighted by atomic mass is 10.2. The van der Waals surface area contributed by atoms with Gasteiger partial charge >= 0.3 is 0 Å². The highest BCUT2D eigenvalue weighted by molar-refractivity contribution is 5.97. The molecule has 0 aliphatic carbocycles. The first-order valence-electron chi connectivity index (χ1n) is 5.58. The standard InChI is InChI=1S/C16H19NO/c1-5-9-13-14(10-6-2)16(18)17-15(11-7-3)12-8-4/h5-13H,1-3H2,4H3,(H,17,18)/b12-8-,13-9-,14-10+,15-11+. The zero-order chi connectivity index (χ0) is 13.8. The highest BCUT2D eigenvalue weighted by Crippen LogP contribution is 2.02. The van der Waals surface area contributed by atoms with Crippen LogP contribution in [0.15, 0.2) is 85.7 Å². The lowest BCUT2D eigenvalue weighted by molar-refractivity contribution is -0.116. The number of carbonyl (C=O) groups excluding carboxylic acids is 1. The van der Waals surface area contributed by atoms with Crippen molar-refractivity contribution in [2.45, 2.75) is 6.92 Å². The Morgan fingerprint density at radius 3 is 2.17 bits per heavy atom. The zero-order valence-electron chi connectivity index (χ0n) is 10.7. The lowest BCUT2D eigenvalue weighted by Gasteiger charge is -2.05. The van der Waals surface area contributed by atoms with E-state index in [2.05, 4.69) is 25.1 Å². The van der Waals surface area contributed by atoms with E-state index in [0.717, 1.165) is 0 Å². The Hall–Kier alpha value is -2.35. The molecular weight excluding hydrogens is 222 g/mol. The van der Waals surface area contributed by atoms with Crippen molar-refractivity contribution in [3.63, 3.8) is 0 Å². The molecule has 0 atom stereocenters. The van der Waals surface area contributed by atoms with Gasteiger partial charge in [-0.15, -0.1) is 0 Å². The summed E-state index contributed by atoms with van der Waals surface area (Å²) in [4.78, 5) is 12.0. The maximum absolute atomic E-state index is 12.0. The number of hydrogen-bond donors (Lipinski definition) is 1. The smallest absolute Gasteiger partial charge is 0.255 e. The monoisotopic (exact) mass is 241 g/mol. The Labute approximate surface area is 109 Å². The van der Waals surface area contributed by atoms with Crippen LogP contribution < -0.4 is 5.32 Å². The summed E-state index contributed by atoms with van der Waals surface area (Å²) in [6.07, 6.45) is 15.1. The highest BCUT2D eigenvalue weighted by atomic mass is 16.1. The first-order valence-corrected chi connectivity index (χ1v) is 5.58. The first kappa shape index (κ1) is 15.7. The summed E-state index contributed by atoms with van der Waals surface area (Å²) in [7, 11) is 0. The van der Waals surface area contributed by atoms with Crippen LogP contribution in [0.5, 0.6) is 0 Å². The van der Waals surface area contributed by atoms with Gasteiger partial charge in [0.1, 0.15) is 0 Å². The molecule has 0 aromatic heterocycles. The minimum Gasteiger partial charge on any atom is -0.322 e. The van der Waals surface area contributed by atoms with Crippen LogP contribution in [-0.4, -0.2) is 5.91 Å². The molecule has 1 N–H and O–H groups in total. The highest BCUT2D eigenvalue weighted by Gasteiger charge is 2.05. The molecule has 0 spiro atoms. The van der Waals surface area contributed by atoms with Gasteiger partial charge in [0.15, 0.2) is 0 Å². The quantitative estimate of drug-likeness (QED) is 0.535. The molecule has 0 aliphatic rings. The first-order chi connectivity index (χ1) is 8.69. The van der Waals surface area contributed by atoms with Gasteiger partial charge in [-0.25, -0.2) is 0 Å². The maximum Gasteiger partial charge on any atom is 0.255 e. The fourth-order valence-corrected chi connectivity index (χ4v) is 1.15. The molecular formula is C16H19NO. The molecule has 2 nitrogen and oxygen atoms in total. The number of carbonyl (C=O) groups is 1. The molecule has 0 unspecified atom stereocenters. The number of amides is 1. The van der Waals surface area contributed by atoms with Gasteiger partial charge in [0.05, 0.1) is 0 Å². The molecule has 0 aromatic carbocycles. The Bertz CT molecular complexity index is 434. The molecule has 0 fully saturated rings. The second-order valence-corrected chi connectivity index (χ2v) is 3.26. The van der Waals surface area contributed by atoms with Crippen LogP contribution in [0.2, 0.25) is 0 Å². The van der Waals surface area contributed by atoms with Crippen molar-refractivity contribution in [1.29, 1.82) is 0 Å². The number of hydrogen-bond acceptors (Lipinski definition) is 1. The average molecular weight is 241 g/mol. The van der Waals surface area contributed by atoms with E-state index in [9.17, 15) is 4.79 Å². The van der Waals surface area contributed by atoms with E-state index >= 15 is 0 Å². The molecule has 0 aliphatic heterocycles. The molecule has 0 saturated heterocycles. The maximum atomic E-state index is 12.0. The van der Waals surface area contributed by atoms with Crippen LogP contribution in [0.3, 0.4) is 0 Å². The van der Waals surface area contributed by atoms with Crippen molar-refractivity contribution in [1.82, 2.24) is 5.32 Å². The molecule has 0 rings (SSSR count). The number of allylic oxidation sites excluding steroid dienone is 8. The Morgan fingerprint density at radius 2 is 1.67 bits per heavy atom. The van der Waals surface area contributed by atoms with Gasteiger partial charge in [-0.2, -0.15) is 0 Å². The summed E-state index contributed by atoms with van der Waals surface area (Å²) < 4.78 is 0. The lowest BCUT2D eigenvalue weighted by Crippen LogP contribution is -2.22. The molecule has 0 radical (unpaired) electrons. The van der Waals surface area contributed by atoms with E-state index in [1.807, 2.05) is 13.0 Å². The minimum absolute atomic E-state index is 0.209. The largest absolute Gasteiger partial charge is 0.322 e. The molecule has 0 bridgehead atoms. The molecule has 94 valence electrons. The van der Waals surface area contributed by atoms with Gasteiger partial charge in [-0.3, -0.25) is 4.79 Å². The molecule has 0 saturated carbocycles. The van der Waals surface area contributed by atoms with E-state index < -0.39 is 0 Å². The van der Waals surface area contributed by atoms with Gasteiger partial charge < -0.3 is 5.32 Å². The summed E-state index contributed by atoms with van der Waals surface area (Å²) in [6.45, 7) is 12.6. The molecule has 0 aromatic rings. The third-order valence-electron chi connectivity index (χ3n) is 1.87. The van der Waals surface area contributed by atoms with Crippen LogP contribution >= 0.6 is 0 Å². The summed E-state index contributed by atoms with van der Waals surface area (Å²) >= 11 is 0. The second kappa shape index (κ2) is 9.85. The van der Waals surface area contributed by atoms with Crippen molar-refractivity contribution >= 4 is 5.91 Å². The third-order valence-corrected chi connectivity index (χ3v) is 1.87. The third kappa shape index (κ3) is 6.28. The van der Waals surface area contributed by atoms with E-state index in [1.54, 1.807) is 48.6 Å². The van der Waals surface area contributed by atoms with Crippen molar-refractivity contribution < 1.29 is 4.79 Å². The predicted molar refractivity (Wildman–Crippen MR) is 78.9 cm³/mol. The molecule has 2 heteroatoms. The van der Waals surface area contributed by atoms with Crippen LogP contribution in [0.25, 0.3) is 0 Å². The van der Waals surface area contributed by atoms with Gasteiger partial charge in [-0.05, 0) is 25.2 Å². The summed E-state index contributed by atoms with van der Waals surface area (Å²) in [5.41, 5.74) is 1.18. The van der Waals surface area contributed by atoms with Gasteiger partial charge in [0.2, 0.25) is 0 Å². The van der Waals surface area contributed by atoms with Crippen molar-refractivity contribution in [3.05, 3.63) is 85.7 Å². The van der Waals surface area contributed by atoms with Gasteiger partial charge in [0, 0.05) is 11.3 Å². The number of nitrogens with one attached hydrogen (secondary N) is 1. The summed E-state index contributed by atoms with van der Waals surface area (Å²) in [6, 6.07) is 0. The van der Waals surface area contributed by atoms with E-state index in [4.69, 9.17) is 0 Å². The van der Waals surface area contributed by atoms with Gasteiger partial charge in [0.25, 0.3) is 5.91 Å². The van der Waals surface area contributed by atoms with E-state index in [1.165, 1.54) is 0 Å². The summed E-state index contributed by atoms with van der Waals surface area (Å²) in [5, 5.41) is 2.78. The van der Waals surface area contributed by atoms with Gasteiger partial charge in [-0.1, -0.05) is 56.2 Å². The Kier molecular flexibility index (Phi) is 8.56. The van der Waals surface area contributed by atoms with E-state index in [-0.39, 0.29) is 5.91 Å². The van der Waals surface area contributed by atoms with Crippen LogP contribution in [0.4, 0.5) is 0 Å². The predicted octanol–water partition coefficient (Wildman–Crippen LogP) is 3.60. The Balaban J connectivity index is 5.00.